The fourth-order valence-electron chi connectivity index (χ4n) is 2.47. The van der Waals surface area contributed by atoms with Gasteiger partial charge in [-0.15, -0.1) is 24.8 Å². The molecule has 0 saturated carbocycles. The van der Waals surface area contributed by atoms with Crippen LogP contribution < -0.4 is 15.5 Å². The van der Waals surface area contributed by atoms with Gasteiger partial charge in [0.1, 0.15) is 5.75 Å². The van der Waals surface area contributed by atoms with Crippen LogP contribution >= 0.6 is 24.8 Å². The molecule has 0 spiro atoms. The molecule has 1 unspecified atom stereocenters. The third-order valence-electron chi connectivity index (χ3n) is 3.67. The zero-order valence-corrected chi connectivity index (χ0v) is 14.8. The fraction of sp³-hybridized carbons (Fsp3) is 0.312. The third-order valence-corrected chi connectivity index (χ3v) is 3.67. The Morgan fingerprint density at radius 2 is 2.21 bits per heavy atom. The van der Waals surface area contributed by atoms with Crippen LogP contribution in [0.5, 0.6) is 5.75 Å². The molecule has 1 aromatic heterocycles. The Kier molecular flexibility index (Phi) is 7.91. The topological polar surface area (TPSA) is 75.6 Å². The van der Waals surface area contributed by atoms with Crippen LogP contribution in [-0.4, -0.2) is 36.8 Å². The van der Waals surface area contributed by atoms with Gasteiger partial charge in [0.25, 0.3) is 5.91 Å². The van der Waals surface area contributed by atoms with Gasteiger partial charge in [0.2, 0.25) is 0 Å². The van der Waals surface area contributed by atoms with Crippen molar-refractivity contribution in [3.8, 4) is 5.75 Å². The molecule has 1 fully saturated rings. The summed E-state index contributed by atoms with van der Waals surface area (Å²) in [7, 11) is 1.64. The molecule has 1 atom stereocenters. The Hall–Kier alpha value is -1.89. The second-order valence-electron chi connectivity index (χ2n) is 5.18. The maximum absolute atomic E-state index is 11.8. The van der Waals surface area contributed by atoms with Gasteiger partial charge in [-0.3, -0.25) is 4.79 Å². The lowest BCUT2D eigenvalue weighted by molar-refractivity contribution is -0.122. The number of fused-ring (bicyclic) bond motifs is 1. The van der Waals surface area contributed by atoms with Gasteiger partial charge in [0.05, 0.1) is 30.6 Å². The number of pyridine rings is 1. The summed E-state index contributed by atoms with van der Waals surface area (Å²) in [6.07, 6.45) is 3.44. The average molecular weight is 371 g/mol. The van der Waals surface area contributed by atoms with E-state index < -0.39 is 0 Å². The van der Waals surface area contributed by atoms with Crippen molar-refractivity contribution in [2.75, 3.05) is 13.7 Å². The lowest BCUT2D eigenvalue weighted by Crippen LogP contribution is -2.38. The van der Waals surface area contributed by atoms with Gasteiger partial charge in [0.15, 0.2) is 0 Å². The number of nitrogens with zero attached hydrogens (tertiary/aromatic N) is 2. The summed E-state index contributed by atoms with van der Waals surface area (Å²) in [6, 6.07) is 9.36. The van der Waals surface area contributed by atoms with Gasteiger partial charge in [-0.1, -0.05) is 6.07 Å². The van der Waals surface area contributed by atoms with Crippen LogP contribution in [0.4, 0.5) is 0 Å². The molecule has 1 aliphatic rings. The highest BCUT2D eigenvalue weighted by molar-refractivity contribution is 5.87. The van der Waals surface area contributed by atoms with Crippen LogP contribution in [0, 0.1) is 0 Å². The minimum Gasteiger partial charge on any atom is -0.497 e. The zero-order valence-electron chi connectivity index (χ0n) is 13.2. The highest BCUT2D eigenvalue weighted by Crippen LogP contribution is 2.19. The molecule has 0 bridgehead atoms. The fourth-order valence-corrected chi connectivity index (χ4v) is 2.47. The number of rotatable bonds is 4. The molecule has 6 nitrogen and oxygen atoms in total. The van der Waals surface area contributed by atoms with E-state index in [1.54, 1.807) is 13.3 Å². The molecule has 1 amide bonds. The van der Waals surface area contributed by atoms with E-state index in [4.69, 9.17) is 4.74 Å². The number of hydrogen-bond donors (Lipinski definition) is 2. The van der Waals surface area contributed by atoms with Crippen molar-refractivity contribution >= 4 is 47.8 Å². The number of ether oxygens (including phenoxy) is 1. The summed E-state index contributed by atoms with van der Waals surface area (Å²) >= 11 is 0. The maximum Gasteiger partial charge on any atom is 0.257 e. The highest BCUT2D eigenvalue weighted by atomic mass is 35.5. The Balaban J connectivity index is 0.00000144. The van der Waals surface area contributed by atoms with Crippen LogP contribution in [-0.2, 0) is 4.79 Å². The van der Waals surface area contributed by atoms with E-state index in [0.717, 1.165) is 36.0 Å². The van der Waals surface area contributed by atoms with E-state index in [2.05, 4.69) is 20.8 Å². The van der Waals surface area contributed by atoms with E-state index in [-0.39, 0.29) is 36.8 Å². The molecular weight excluding hydrogens is 351 g/mol. The lowest BCUT2D eigenvalue weighted by Gasteiger charge is -2.06. The number of carbonyl (C=O) groups is 1. The normalized spacial score (nSPS) is 16.5. The van der Waals surface area contributed by atoms with Crippen molar-refractivity contribution in [1.82, 2.24) is 15.7 Å². The summed E-state index contributed by atoms with van der Waals surface area (Å²) < 4.78 is 5.18. The smallest absolute Gasteiger partial charge is 0.257 e. The first-order valence-corrected chi connectivity index (χ1v) is 7.27. The summed E-state index contributed by atoms with van der Waals surface area (Å²) in [5.74, 6) is 0.700. The minimum atomic E-state index is -0.130. The van der Waals surface area contributed by atoms with E-state index >= 15 is 0 Å². The predicted molar refractivity (Wildman–Crippen MR) is 99.6 cm³/mol. The highest BCUT2D eigenvalue weighted by Gasteiger charge is 2.21. The van der Waals surface area contributed by atoms with E-state index in [1.165, 1.54) is 0 Å². The van der Waals surface area contributed by atoms with Crippen molar-refractivity contribution < 1.29 is 9.53 Å². The predicted octanol–water partition coefficient (Wildman–Crippen LogP) is 2.29. The van der Waals surface area contributed by atoms with Crippen LogP contribution in [0.2, 0.25) is 0 Å². The number of aromatic nitrogens is 1. The van der Waals surface area contributed by atoms with Crippen LogP contribution in [0.1, 0.15) is 18.5 Å². The molecule has 2 N–H and O–H groups in total. The third kappa shape index (κ3) is 4.80. The SMILES string of the molecule is COc1ccc2nc(/C=N/NC(=O)C3CCCN3)ccc2c1.Cl.Cl. The average Bonchev–Trinajstić information content (AvgIpc) is 3.08. The van der Waals surface area contributed by atoms with E-state index in [0.29, 0.717) is 5.69 Å². The molecule has 24 heavy (non-hydrogen) atoms. The number of methoxy groups -OCH3 is 1. The maximum atomic E-state index is 11.8. The lowest BCUT2D eigenvalue weighted by atomic mass is 10.2. The number of hydrogen-bond acceptors (Lipinski definition) is 5. The van der Waals surface area contributed by atoms with Crippen molar-refractivity contribution in [3.63, 3.8) is 0 Å². The van der Waals surface area contributed by atoms with Gasteiger partial charge < -0.3 is 10.1 Å². The Morgan fingerprint density at radius 1 is 1.38 bits per heavy atom. The Morgan fingerprint density at radius 3 is 2.92 bits per heavy atom. The molecule has 2 aromatic rings. The molecule has 8 heteroatoms. The molecule has 1 aliphatic heterocycles. The van der Waals surface area contributed by atoms with Gasteiger partial charge in [-0.2, -0.15) is 5.10 Å². The largest absolute Gasteiger partial charge is 0.497 e. The number of benzene rings is 1. The minimum absolute atomic E-state index is 0. The first kappa shape index (κ1) is 20.2. The first-order chi connectivity index (χ1) is 10.8. The molecule has 130 valence electrons. The molecule has 1 saturated heterocycles. The van der Waals surface area contributed by atoms with Gasteiger partial charge in [-0.25, -0.2) is 10.4 Å². The molecule has 1 aromatic carbocycles. The number of hydrazone groups is 1. The van der Waals surface area contributed by atoms with Crippen molar-refractivity contribution in [2.24, 2.45) is 5.10 Å². The van der Waals surface area contributed by atoms with E-state index in [9.17, 15) is 4.79 Å². The Labute approximate surface area is 152 Å². The van der Waals surface area contributed by atoms with Crippen LogP contribution in [0.3, 0.4) is 0 Å². The Bertz CT molecular complexity index is 718. The summed E-state index contributed by atoms with van der Waals surface area (Å²) in [4.78, 5) is 16.3. The molecular formula is C16H20Cl2N4O2. The number of halogens is 2. The quantitative estimate of drug-likeness (QED) is 0.639. The standard InChI is InChI=1S/C16H18N4O2.2ClH/c1-22-13-6-7-14-11(9-13)4-5-12(19-14)10-18-20-16(21)15-3-2-8-17-15;;/h4-7,9-10,15,17H,2-3,8H2,1H3,(H,20,21);2*1H/b18-10+;;. The number of carbonyl (C=O) groups excluding carboxylic acids is 1. The van der Waals surface area contributed by atoms with Gasteiger partial charge in [0, 0.05) is 5.39 Å². The van der Waals surface area contributed by atoms with E-state index in [1.807, 2.05) is 30.3 Å². The second-order valence-corrected chi connectivity index (χ2v) is 5.18. The summed E-state index contributed by atoms with van der Waals surface area (Å²) in [5.41, 5.74) is 4.09. The monoisotopic (exact) mass is 370 g/mol. The molecule has 0 radical (unpaired) electrons. The number of nitrogens with one attached hydrogen (secondary N) is 2. The first-order valence-electron chi connectivity index (χ1n) is 7.27. The van der Waals surface area contributed by atoms with Crippen LogP contribution in [0.15, 0.2) is 35.4 Å². The van der Waals surface area contributed by atoms with Gasteiger partial charge >= 0.3 is 0 Å². The van der Waals surface area contributed by atoms with Crippen molar-refractivity contribution in [2.45, 2.75) is 18.9 Å². The summed E-state index contributed by atoms with van der Waals surface area (Å²) in [5, 5.41) is 8.10. The summed E-state index contributed by atoms with van der Waals surface area (Å²) in [6.45, 7) is 0.886. The number of amides is 1. The van der Waals surface area contributed by atoms with Crippen molar-refractivity contribution in [3.05, 3.63) is 36.0 Å². The zero-order chi connectivity index (χ0) is 15.4. The molecule has 2 heterocycles. The van der Waals surface area contributed by atoms with Crippen LogP contribution in [0.25, 0.3) is 10.9 Å². The van der Waals surface area contributed by atoms with Gasteiger partial charge in [-0.05, 0) is 43.7 Å². The second kappa shape index (κ2) is 9.42. The van der Waals surface area contributed by atoms with Crippen molar-refractivity contribution in [1.29, 1.82) is 0 Å². The molecule has 0 aliphatic carbocycles. The molecule has 3 rings (SSSR count).